The van der Waals surface area contributed by atoms with Crippen molar-refractivity contribution in [2.24, 2.45) is 5.73 Å². The maximum absolute atomic E-state index is 12.4. The van der Waals surface area contributed by atoms with Gasteiger partial charge in [-0.15, -0.1) is 0 Å². The number of nitrogens with two attached hydrogens (primary N) is 1. The number of aryl methyl sites for hydroxylation is 1. The lowest BCUT2D eigenvalue weighted by molar-refractivity contribution is -0.138. The molecule has 7 nitrogen and oxygen atoms in total. The average molecular weight is 484 g/mol. The van der Waals surface area contributed by atoms with Crippen molar-refractivity contribution in [3.05, 3.63) is 82.2 Å². The van der Waals surface area contributed by atoms with Crippen LogP contribution in [0.4, 0.5) is 18.9 Å². The van der Waals surface area contributed by atoms with Gasteiger partial charge in [-0.1, -0.05) is 28.9 Å². The molecule has 11 heteroatoms. The molecule has 0 fully saturated rings. The van der Waals surface area contributed by atoms with Gasteiger partial charge in [0.2, 0.25) is 0 Å². The quantitative estimate of drug-likeness (QED) is 0.448. The number of hydrogen-bond acceptors (Lipinski definition) is 5. The molecular formula is C22H21ClF3N3O4. The van der Waals surface area contributed by atoms with Crippen molar-refractivity contribution in [1.82, 2.24) is 5.16 Å². The summed E-state index contributed by atoms with van der Waals surface area (Å²) in [5.74, 6) is -1.12. The number of carboxylic acid groups (broad SMARTS) is 1. The van der Waals surface area contributed by atoms with Crippen LogP contribution in [0.25, 0.3) is 0 Å². The van der Waals surface area contributed by atoms with E-state index in [1.165, 1.54) is 18.3 Å². The van der Waals surface area contributed by atoms with Crippen LogP contribution in [-0.4, -0.2) is 28.7 Å². The predicted molar refractivity (Wildman–Crippen MR) is 116 cm³/mol. The van der Waals surface area contributed by atoms with Gasteiger partial charge in [-0.3, -0.25) is 9.59 Å². The third-order valence-electron chi connectivity index (χ3n) is 4.51. The molecule has 2 aromatic carbocycles. The van der Waals surface area contributed by atoms with Gasteiger partial charge < -0.3 is 20.7 Å². The van der Waals surface area contributed by atoms with Crippen LogP contribution >= 0.6 is 11.6 Å². The summed E-state index contributed by atoms with van der Waals surface area (Å²) in [6.45, 7) is 1.89. The smallest absolute Gasteiger partial charge is 0.416 e. The molecular weight excluding hydrogens is 463 g/mol. The van der Waals surface area contributed by atoms with E-state index in [2.05, 4.69) is 10.5 Å². The number of nitrogens with zero attached hydrogens (tertiary/aromatic N) is 1. The van der Waals surface area contributed by atoms with Crippen LogP contribution < -0.4 is 11.1 Å². The van der Waals surface area contributed by atoms with Gasteiger partial charge in [0.1, 0.15) is 11.3 Å². The SMILES string of the molecule is Cc1oncc1C(=O)Nc1ccc(C(F)(F)F)cc1.NC[C@H](CC(=O)O)c1ccc(Cl)cc1. The summed E-state index contributed by atoms with van der Waals surface area (Å²) in [4.78, 5) is 22.3. The fourth-order valence-electron chi connectivity index (χ4n) is 2.74. The fraction of sp³-hybridized carbons (Fsp3) is 0.227. The molecule has 0 aliphatic carbocycles. The third-order valence-corrected chi connectivity index (χ3v) is 4.76. The summed E-state index contributed by atoms with van der Waals surface area (Å²) in [5, 5.41) is 15.2. The number of carbonyl (C=O) groups excluding carboxylic acids is 1. The summed E-state index contributed by atoms with van der Waals surface area (Å²) < 4.78 is 41.8. The van der Waals surface area contributed by atoms with Crippen molar-refractivity contribution < 1.29 is 32.4 Å². The molecule has 0 saturated heterocycles. The Morgan fingerprint density at radius 3 is 2.21 bits per heavy atom. The summed E-state index contributed by atoms with van der Waals surface area (Å²) in [6.07, 6.45) is -3.10. The summed E-state index contributed by atoms with van der Waals surface area (Å²) in [6, 6.07) is 11.3. The number of nitrogens with one attached hydrogen (secondary N) is 1. The van der Waals surface area contributed by atoms with E-state index in [1.807, 2.05) is 12.1 Å². The molecule has 1 amide bonds. The first-order chi connectivity index (χ1) is 15.5. The van der Waals surface area contributed by atoms with Crippen molar-refractivity contribution in [1.29, 1.82) is 0 Å². The second-order valence-corrected chi connectivity index (χ2v) is 7.34. The summed E-state index contributed by atoms with van der Waals surface area (Å²) in [7, 11) is 0. The Kier molecular flexibility index (Phi) is 9.01. The molecule has 0 radical (unpaired) electrons. The van der Waals surface area contributed by atoms with Gasteiger partial charge in [0.25, 0.3) is 5.91 Å². The summed E-state index contributed by atoms with van der Waals surface area (Å²) >= 11 is 5.72. The minimum absolute atomic E-state index is 0.0537. The molecule has 3 aromatic rings. The number of carboxylic acids is 1. The molecule has 1 heterocycles. The first kappa shape index (κ1) is 25.9. The molecule has 0 aliphatic heterocycles. The highest BCUT2D eigenvalue weighted by atomic mass is 35.5. The van der Waals surface area contributed by atoms with Gasteiger partial charge in [-0.2, -0.15) is 13.2 Å². The van der Waals surface area contributed by atoms with Gasteiger partial charge in [0, 0.05) is 16.6 Å². The largest absolute Gasteiger partial charge is 0.481 e. The van der Waals surface area contributed by atoms with Gasteiger partial charge in [-0.05, 0) is 55.4 Å². The second kappa shape index (κ2) is 11.5. The van der Waals surface area contributed by atoms with E-state index >= 15 is 0 Å². The lowest BCUT2D eigenvalue weighted by Crippen LogP contribution is -2.16. The molecule has 0 spiro atoms. The molecule has 176 valence electrons. The van der Waals surface area contributed by atoms with Crippen LogP contribution in [0.3, 0.4) is 0 Å². The van der Waals surface area contributed by atoms with E-state index in [-0.39, 0.29) is 23.6 Å². The van der Waals surface area contributed by atoms with E-state index in [9.17, 15) is 22.8 Å². The topological polar surface area (TPSA) is 118 Å². The average Bonchev–Trinajstić information content (AvgIpc) is 3.19. The molecule has 4 N–H and O–H groups in total. The zero-order chi connectivity index (χ0) is 24.6. The number of amides is 1. The third kappa shape index (κ3) is 7.92. The second-order valence-electron chi connectivity index (χ2n) is 6.91. The van der Waals surface area contributed by atoms with Crippen molar-refractivity contribution in [2.75, 3.05) is 11.9 Å². The van der Waals surface area contributed by atoms with Gasteiger partial charge >= 0.3 is 12.1 Å². The minimum Gasteiger partial charge on any atom is -0.481 e. The highest BCUT2D eigenvalue weighted by molar-refractivity contribution is 6.30. The maximum atomic E-state index is 12.4. The number of aliphatic carboxylic acids is 1. The van der Waals surface area contributed by atoms with Crippen LogP contribution in [0.1, 0.15) is 39.6 Å². The first-order valence-corrected chi connectivity index (χ1v) is 9.96. The Morgan fingerprint density at radius 2 is 1.76 bits per heavy atom. The van der Waals surface area contributed by atoms with Crippen molar-refractivity contribution in [3.63, 3.8) is 0 Å². The number of halogens is 4. The van der Waals surface area contributed by atoms with Crippen LogP contribution in [-0.2, 0) is 11.0 Å². The van der Waals surface area contributed by atoms with Gasteiger partial charge in [-0.25, -0.2) is 0 Å². The highest BCUT2D eigenvalue weighted by Crippen LogP contribution is 2.30. The summed E-state index contributed by atoms with van der Waals surface area (Å²) in [5.41, 5.74) is 6.14. The molecule has 33 heavy (non-hydrogen) atoms. The Labute approximate surface area is 192 Å². The van der Waals surface area contributed by atoms with Crippen LogP contribution in [0.5, 0.6) is 0 Å². The predicted octanol–water partition coefficient (Wildman–Crippen LogP) is 5.11. The Morgan fingerprint density at radius 1 is 1.15 bits per heavy atom. The van der Waals surface area contributed by atoms with Crippen molar-refractivity contribution >= 4 is 29.2 Å². The number of anilines is 1. The van der Waals surface area contributed by atoms with E-state index in [0.29, 0.717) is 17.3 Å². The van der Waals surface area contributed by atoms with Crippen LogP contribution in [0.15, 0.2) is 59.3 Å². The van der Waals surface area contributed by atoms with E-state index in [4.69, 9.17) is 27.0 Å². The van der Waals surface area contributed by atoms with Crippen LogP contribution in [0.2, 0.25) is 5.02 Å². The number of benzene rings is 2. The van der Waals surface area contributed by atoms with Crippen molar-refractivity contribution in [3.8, 4) is 0 Å². The zero-order valence-corrected chi connectivity index (χ0v) is 18.2. The highest BCUT2D eigenvalue weighted by Gasteiger charge is 2.30. The van der Waals surface area contributed by atoms with Crippen LogP contribution in [0, 0.1) is 6.92 Å². The monoisotopic (exact) mass is 483 g/mol. The molecule has 0 unspecified atom stereocenters. The number of rotatable bonds is 6. The van der Waals surface area contributed by atoms with E-state index < -0.39 is 23.6 Å². The molecule has 0 bridgehead atoms. The standard InChI is InChI=1S/C12H9F3N2O2.C10H12ClNO2/c1-7-10(6-16-19-7)11(18)17-9-4-2-8(3-5-9)12(13,14)15;11-9-3-1-7(2-4-9)8(6-12)5-10(13)14/h2-6H,1H3,(H,17,18);1-4,8H,5-6,12H2,(H,13,14)/t;8-/m.0/s1. The Hall–Kier alpha value is -3.37. The van der Waals surface area contributed by atoms with E-state index in [0.717, 1.165) is 17.7 Å². The lowest BCUT2D eigenvalue weighted by Gasteiger charge is -2.12. The number of aromatic nitrogens is 1. The van der Waals surface area contributed by atoms with Crippen molar-refractivity contribution in [2.45, 2.75) is 25.4 Å². The molecule has 0 saturated carbocycles. The number of alkyl halides is 3. The molecule has 1 atom stereocenters. The molecule has 1 aromatic heterocycles. The first-order valence-electron chi connectivity index (χ1n) is 9.58. The number of carbonyl (C=O) groups is 2. The maximum Gasteiger partial charge on any atom is 0.416 e. The fourth-order valence-corrected chi connectivity index (χ4v) is 2.87. The minimum atomic E-state index is -4.40. The normalized spacial score (nSPS) is 11.8. The number of hydrogen-bond donors (Lipinski definition) is 3. The zero-order valence-electron chi connectivity index (χ0n) is 17.4. The van der Waals surface area contributed by atoms with Gasteiger partial charge in [0.15, 0.2) is 0 Å². The van der Waals surface area contributed by atoms with Gasteiger partial charge in [0.05, 0.1) is 18.2 Å². The lowest BCUT2D eigenvalue weighted by atomic mass is 9.96. The Bertz CT molecular complexity index is 1070. The Balaban J connectivity index is 0.000000245. The molecule has 0 aliphatic rings. The van der Waals surface area contributed by atoms with E-state index in [1.54, 1.807) is 19.1 Å². The molecule has 3 rings (SSSR count).